The molecule has 3 N–H and O–H groups in total. The summed E-state index contributed by atoms with van der Waals surface area (Å²) in [5, 5.41) is 2.68. The molecule has 0 aliphatic rings. The molecule has 0 saturated heterocycles. The molecule has 0 bridgehead atoms. The van der Waals surface area contributed by atoms with E-state index in [1.165, 1.54) is 39.4 Å². The van der Waals surface area contributed by atoms with E-state index in [-0.39, 0.29) is 28.2 Å². The van der Waals surface area contributed by atoms with Crippen LogP contribution in [0.1, 0.15) is 17.3 Å². The molecule has 0 saturated carbocycles. The fourth-order valence-corrected chi connectivity index (χ4v) is 2.66. The van der Waals surface area contributed by atoms with Crippen molar-refractivity contribution in [1.82, 2.24) is 9.62 Å². The van der Waals surface area contributed by atoms with Gasteiger partial charge in [-0.2, -0.15) is 0 Å². The minimum Gasteiger partial charge on any atom is -0.495 e. The molecule has 0 aliphatic carbocycles. The fourth-order valence-electron chi connectivity index (χ4n) is 1.58. The maximum absolute atomic E-state index is 12.3. The maximum Gasteiger partial charge on any atom is 0.251 e. The van der Waals surface area contributed by atoms with Crippen LogP contribution in [0.3, 0.4) is 0 Å². The van der Waals surface area contributed by atoms with Crippen LogP contribution in [0.4, 0.5) is 0 Å². The van der Waals surface area contributed by atoms with E-state index in [1.54, 1.807) is 6.92 Å². The van der Waals surface area contributed by atoms with Gasteiger partial charge in [-0.05, 0) is 25.1 Å². The third-order valence-corrected chi connectivity index (χ3v) is 4.75. The van der Waals surface area contributed by atoms with E-state index in [2.05, 4.69) is 5.32 Å². The Morgan fingerprint density at radius 1 is 1.43 bits per heavy atom. The third kappa shape index (κ3) is 3.93. The summed E-state index contributed by atoms with van der Waals surface area (Å²) in [5.41, 5.74) is 5.68. The molecule has 21 heavy (non-hydrogen) atoms. The molecule has 1 amide bonds. The Morgan fingerprint density at radius 3 is 2.52 bits per heavy atom. The van der Waals surface area contributed by atoms with Crippen LogP contribution in [0.5, 0.6) is 5.75 Å². The molecule has 1 atom stereocenters. The first-order valence-corrected chi connectivity index (χ1v) is 7.79. The topological polar surface area (TPSA) is 102 Å². The van der Waals surface area contributed by atoms with Gasteiger partial charge in [-0.1, -0.05) is 0 Å². The lowest BCUT2D eigenvalue weighted by atomic mass is 10.2. The van der Waals surface area contributed by atoms with Gasteiger partial charge in [0.15, 0.2) is 0 Å². The summed E-state index contributed by atoms with van der Waals surface area (Å²) in [6, 6.07) is 4.06. The Labute approximate surface area is 125 Å². The predicted molar refractivity (Wildman–Crippen MR) is 79.8 cm³/mol. The monoisotopic (exact) mass is 315 g/mol. The van der Waals surface area contributed by atoms with E-state index in [4.69, 9.17) is 10.5 Å². The highest BCUT2D eigenvalue weighted by Gasteiger charge is 2.24. The van der Waals surface area contributed by atoms with Gasteiger partial charge in [-0.25, -0.2) is 12.7 Å². The number of carbonyl (C=O) groups excluding carboxylic acids is 1. The number of sulfonamides is 1. The molecule has 8 heteroatoms. The van der Waals surface area contributed by atoms with E-state index >= 15 is 0 Å². The number of methoxy groups -OCH3 is 1. The zero-order chi connectivity index (χ0) is 16.2. The third-order valence-electron chi connectivity index (χ3n) is 2.92. The Balaban J connectivity index is 3.26. The van der Waals surface area contributed by atoms with Crippen molar-refractivity contribution >= 4 is 15.9 Å². The van der Waals surface area contributed by atoms with Gasteiger partial charge < -0.3 is 15.8 Å². The molecule has 0 spiro atoms. The number of amides is 1. The van der Waals surface area contributed by atoms with Crippen molar-refractivity contribution < 1.29 is 17.9 Å². The van der Waals surface area contributed by atoms with Crippen molar-refractivity contribution in [1.29, 1.82) is 0 Å². The molecule has 0 aliphatic heterocycles. The maximum atomic E-state index is 12.3. The molecule has 0 aromatic heterocycles. The molecule has 1 rings (SSSR count). The second kappa shape index (κ2) is 6.88. The summed E-state index contributed by atoms with van der Waals surface area (Å²) in [7, 11) is 0.499. The molecule has 0 radical (unpaired) electrons. The van der Waals surface area contributed by atoms with Crippen LogP contribution in [0.15, 0.2) is 23.1 Å². The van der Waals surface area contributed by atoms with Crippen LogP contribution >= 0.6 is 0 Å². The molecule has 0 unspecified atom stereocenters. The summed E-state index contributed by atoms with van der Waals surface area (Å²) in [5.74, 6) is -0.196. The fraction of sp³-hybridized carbons (Fsp3) is 0.462. The van der Waals surface area contributed by atoms with Crippen molar-refractivity contribution in [2.75, 3.05) is 27.7 Å². The van der Waals surface area contributed by atoms with Gasteiger partial charge >= 0.3 is 0 Å². The van der Waals surface area contributed by atoms with Crippen LogP contribution in [-0.4, -0.2) is 52.4 Å². The number of nitrogens with zero attached hydrogens (tertiary/aromatic N) is 1. The normalized spacial score (nSPS) is 13.0. The lowest BCUT2D eigenvalue weighted by Gasteiger charge is -2.16. The summed E-state index contributed by atoms with van der Waals surface area (Å²) < 4.78 is 30.6. The largest absolute Gasteiger partial charge is 0.495 e. The molecular formula is C13H21N3O4S. The van der Waals surface area contributed by atoms with Crippen LogP contribution < -0.4 is 15.8 Å². The number of ether oxygens (including phenoxy) is 1. The van der Waals surface area contributed by atoms with E-state index in [1.807, 2.05) is 0 Å². The van der Waals surface area contributed by atoms with Crippen LogP contribution in [0, 0.1) is 0 Å². The van der Waals surface area contributed by atoms with Gasteiger partial charge in [0.05, 0.1) is 7.11 Å². The Morgan fingerprint density at radius 2 is 2.05 bits per heavy atom. The number of nitrogens with two attached hydrogens (primary N) is 1. The lowest BCUT2D eigenvalue weighted by molar-refractivity contribution is 0.0941. The van der Waals surface area contributed by atoms with Gasteiger partial charge in [-0.3, -0.25) is 4.79 Å². The van der Waals surface area contributed by atoms with Crippen molar-refractivity contribution in [3.05, 3.63) is 23.8 Å². The van der Waals surface area contributed by atoms with Crippen LogP contribution in [-0.2, 0) is 10.0 Å². The first-order valence-electron chi connectivity index (χ1n) is 6.35. The number of hydrogen-bond donors (Lipinski definition) is 2. The van der Waals surface area contributed by atoms with E-state index in [0.29, 0.717) is 6.54 Å². The molecule has 7 nitrogen and oxygen atoms in total. The second-order valence-electron chi connectivity index (χ2n) is 4.76. The minimum absolute atomic E-state index is 0.0527. The predicted octanol–water partition coefficient (Wildman–Crippen LogP) is 0.0225. The second-order valence-corrected chi connectivity index (χ2v) is 6.88. The zero-order valence-corrected chi connectivity index (χ0v) is 13.4. The molecule has 1 aromatic rings. The highest BCUT2D eigenvalue weighted by molar-refractivity contribution is 7.89. The highest BCUT2D eigenvalue weighted by Crippen LogP contribution is 2.26. The van der Waals surface area contributed by atoms with E-state index in [0.717, 1.165) is 4.31 Å². The van der Waals surface area contributed by atoms with Crippen molar-refractivity contribution in [2.45, 2.75) is 17.9 Å². The van der Waals surface area contributed by atoms with Gasteiger partial charge in [0.2, 0.25) is 10.0 Å². The number of hydrogen-bond acceptors (Lipinski definition) is 5. The van der Waals surface area contributed by atoms with Crippen molar-refractivity contribution in [2.24, 2.45) is 5.73 Å². The Bertz CT molecular complexity index is 614. The van der Waals surface area contributed by atoms with Crippen LogP contribution in [0.25, 0.3) is 0 Å². The molecule has 0 heterocycles. The van der Waals surface area contributed by atoms with Gasteiger partial charge in [0.25, 0.3) is 5.91 Å². The summed E-state index contributed by atoms with van der Waals surface area (Å²) in [6.45, 7) is 2.06. The zero-order valence-electron chi connectivity index (χ0n) is 12.6. The lowest BCUT2D eigenvalue weighted by Crippen LogP contribution is -2.37. The van der Waals surface area contributed by atoms with Crippen molar-refractivity contribution in [3.8, 4) is 5.75 Å². The quantitative estimate of drug-likeness (QED) is 0.771. The summed E-state index contributed by atoms with van der Waals surface area (Å²) >= 11 is 0. The Kier molecular flexibility index (Phi) is 5.70. The molecule has 0 fully saturated rings. The van der Waals surface area contributed by atoms with Crippen molar-refractivity contribution in [3.63, 3.8) is 0 Å². The standard InChI is InChI=1S/C13H21N3O4S/c1-9(8-14)15-13(17)10-5-6-11(20-4)12(7-10)21(18,19)16(2)3/h5-7,9H,8,14H2,1-4H3,(H,15,17)/t9-/m0/s1. The van der Waals surface area contributed by atoms with Crippen LogP contribution in [0.2, 0.25) is 0 Å². The molecule has 1 aromatic carbocycles. The molecule has 118 valence electrons. The average molecular weight is 315 g/mol. The van der Waals surface area contributed by atoms with E-state index < -0.39 is 10.0 Å². The summed E-state index contributed by atoms with van der Waals surface area (Å²) in [4.78, 5) is 12.0. The number of benzene rings is 1. The first kappa shape index (κ1) is 17.4. The first-order chi connectivity index (χ1) is 9.73. The Hall–Kier alpha value is -1.64. The van der Waals surface area contributed by atoms with Gasteiger partial charge in [-0.15, -0.1) is 0 Å². The van der Waals surface area contributed by atoms with Gasteiger partial charge in [0, 0.05) is 32.2 Å². The summed E-state index contributed by atoms with van der Waals surface area (Å²) in [6.07, 6.45) is 0. The van der Waals surface area contributed by atoms with Gasteiger partial charge in [0.1, 0.15) is 10.6 Å². The number of carbonyl (C=O) groups is 1. The average Bonchev–Trinajstić information content (AvgIpc) is 2.45. The number of nitrogens with one attached hydrogen (secondary N) is 1. The minimum atomic E-state index is -3.71. The highest BCUT2D eigenvalue weighted by atomic mass is 32.2. The number of rotatable bonds is 6. The SMILES string of the molecule is COc1ccc(C(=O)N[C@@H](C)CN)cc1S(=O)(=O)N(C)C. The smallest absolute Gasteiger partial charge is 0.251 e. The van der Waals surface area contributed by atoms with E-state index in [9.17, 15) is 13.2 Å². The molecular weight excluding hydrogens is 294 g/mol.